The van der Waals surface area contributed by atoms with Crippen LogP contribution in [0.5, 0.6) is 5.75 Å². The molecular formula is C14H18N2O. The standard InChI is InChI=1S/C14H18N2O/c1-11-5-7-16(8-6-11)14(10-15)12-3-2-4-13(17)9-12/h2-4,9,11,14,17H,5-8H2,1H3. The smallest absolute Gasteiger partial charge is 0.123 e. The van der Waals surface area contributed by atoms with Gasteiger partial charge in [-0.05, 0) is 49.5 Å². The van der Waals surface area contributed by atoms with E-state index in [-0.39, 0.29) is 11.8 Å². The van der Waals surface area contributed by atoms with E-state index in [1.54, 1.807) is 18.2 Å². The molecule has 0 spiro atoms. The average Bonchev–Trinajstić information content (AvgIpc) is 2.33. The summed E-state index contributed by atoms with van der Waals surface area (Å²) in [5.41, 5.74) is 0.891. The van der Waals surface area contributed by atoms with Gasteiger partial charge in [-0.3, -0.25) is 4.90 Å². The predicted octanol–water partition coefficient (Wildman–Crippen LogP) is 2.69. The van der Waals surface area contributed by atoms with Crippen LogP contribution in [0, 0.1) is 17.2 Å². The van der Waals surface area contributed by atoms with Gasteiger partial charge in [0.15, 0.2) is 0 Å². The number of piperidine rings is 1. The lowest BCUT2D eigenvalue weighted by Crippen LogP contribution is -2.35. The minimum atomic E-state index is -0.227. The van der Waals surface area contributed by atoms with Gasteiger partial charge < -0.3 is 5.11 Å². The molecule has 0 aromatic heterocycles. The second-order valence-electron chi connectivity index (χ2n) is 4.85. The third-order valence-corrected chi connectivity index (χ3v) is 3.49. The Kier molecular flexibility index (Phi) is 3.65. The summed E-state index contributed by atoms with van der Waals surface area (Å²) in [5, 5.41) is 18.8. The zero-order valence-electron chi connectivity index (χ0n) is 10.1. The van der Waals surface area contributed by atoms with E-state index >= 15 is 0 Å². The Morgan fingerprint density at radius 3 is 2.71 bits per heavy atom. The lowest BCUT2D eigenvalue weighted by molar-refractivity contribution is 0.165. The topological polar surface area (TPSA) is 47.3 Å². The molecule has 3 heteroatoms. The first-order valence-corrected chi connectivity index (χ1v) is 6.13. The molecule has 0 amide bonds. The highest BCUT2D eigenvalue weighted by molar-refractivity contribution is 5.32. The second-order valence-corrected chi connectivity index (χ2v) is 4.85. The number of rotatable bonds is 2. The van der Waals surface area contributed by atoms with E-state index in [9.17, 15) is 10.4 Å². The van der Waals surface area contributed by atoms with Crippen LogP contribution >= 0.6 is 0 Å². The Hall–Kier alpha value is -1.53. The van der Waals surface area contributed by atoms with Crippen LogP contribution < -0.4 is 0 Å². The number of likely N-dealkylation sites (tertiary alicyclic amines) is 1. The van der Waals surface area contributed by atoms with Gasteiger partial charge in [-0.25, -0.2) is 0 Å². The molecule has 1 atom stereocenters. The molecular weight excluding hydrogens is 212 g/mol. The SMILES string of the molecule is CC1CCN(C(C#N)c2cccc(O)c2)CC1. The highest BCUT2D eigenvalue weighted by atomic mass is 16.3. The van der Waals surface area contributed by atoms with Crippen LogP contribution in [0.4, 0.5) is 0 Å². The number of hydrogen-bond donors (Lipinski definition) is 1. The molecule has 0 radical (unpaired) electrons. The number of phenols is 1. The summed E-state index contributed by atoms with van der Waals surface area (Å²) in [4.78, 5) is 2.20. The Balaban J connectivity index is 2.14. The third-order valence-electron chi connectivity index (χ3n) is 3.49. The Morgan fingerprint density at radius 1 is 1.41 bits per heavy atom. The summed E-state index contributed by atoms with van der Waals surface area (Å²) in [6.07, 6.45) is 2.30. The molecule has 1 aromatic carbocycles. The van der Waals surface area contributed by atoms with Gasteiger partial charge in [-0.1, -0.05) is 19.1 Å². The van der Waals surface area contributed by atoms with Crippen molar-refractivity contribution in [3.8, 4) is 11.8 Å². The van der Waals surface area contributed by atoms with Crippen molar-refractivity contribution in [2.24, 2.45) is 5.92 Å². The Morgan fingerprint density at radius 2 is 2.12 bits per heavy atom. The van der Waals surface area contributed by atoms with Crippen molar-refractivity contribution in [3.05, 3.63) is 29.8 Å². The summed E-state index contributed by atoms with van der Waals surface area (Å²) in [6, 6.07) is 9.14. The van der Waals surface area contributed by atoms with Gasteiger partial charge in [0.05, 0.1) is 6.07 Å². The van der Waals surface area contributed by atoms with E-state index in [4.69, 9.17) is 0 Å². The maximum Gasteiger partial charge on any atom is 0.123 e. The van der Waals surface area contributed by atoms with Crippen molar-refractivity contribution in [2.75, 3.05) is 13.1 Å². The molecule has 1 unspecified atom stereocenters. The highest BCUT2D eigenvalue weighted by Crippen LogP contribution is 2.27. The summed E-state index contributed by atoms with van der Waals surface area (Å²) in [5.74, 6) is 0.989. The van der Waals surface area contributed by atoms with E-state index in [1.807, 2.05) is 6.07 Å². The van der Waals surface area contributed by atoms with Gasteiger partial charge in [-0.15, -0.1) is 0 Å². The molecule has 1 aromatic rings. The summed E-state index contributed by atoms with van der Waals surface area (Å²) < 4.78 is 0. The third kappa shape index (κ3) is 2.78. The highest BCUT2D eigenvalue weighted by Gasteiger charge is 2.24. The number of phenolic OH excluding ortho intramolecular Hbond substituents is 1. The zero-order valence-corrected chi connectivity index (χ0v) is 10.1. The van der Waals surface area contributed by atoms with Crippen LogP contribution in [0.2, 0.25) is 0 Å². The molecule has 17 heavy (non-hydrogen) atoms. The zero-order chi connectivity index (χ0) is 12.3. The number of nitrogens with zero attached hydrogens (tertiary/aromatic N) is 2. The van der Waals surface area contributed by atoms with Gasteiger partial charge in [-0.2, -0.15) is 5.26 Å². The minimum Gasteiger partial charge on any atom is -0.508 e. The maximum atomic E-state index is 9.47. The van der Waals surface area contributed by atoms with Crippen molar-refractivity contribution < 1.29 is 5.11 Å². The molecule has 1 N–H and O–H groups in total. The normalized spacial score (nSPS) is 19.8. The van der Waals surface area contributed by atoms with Crippen LogP contribution in [0.3, 0.4) is 0 Å². The van der Waals surface area contributed by atoms with Crippen LogP contribution in [-0.4, -0.2) is 23.1 Å². The molecule has 1 fully saturated rings. The van der Waals surface area contributed by atoms with Crippen LogP contribution in [0.15, 0.2) is 24.3 Å². The van der Waals surface area contributed by atoms with Gasteiger partial charge in [0.1, 0.15) is 11.8 Å². The molecule has 1 heterocycles. The maximum absolute atomic E-state index is 9.47. The van der Waals surface area contributed by atoms with E-state index in [0.29, 0.717) is 0 Å². The Labute approximate surface area is 102 Å². The van der Waals surface area contributed by atoms with Crippen molar-refractivity contribution in [1.29, 1.82) is 5.26 Å². The van der Waals surface area contributed by atoms with E-state index in [0.717, 1.165) is 37.4 Å². The Bertz CT molecular complexity index is 416. The molecule has 1 aliphatic rings. The fourth-order valence-electron chi connectivity index (χ4n) is 2.35. The first-order valence-electron chi connectivity index (χ1n) is 6.13. The molecule has 0 bridgehead atoms. The first-order chi connectivity index (χ1) is 8.20. The van der Waals surface area contributed by atoms with E-state index in [1.165, 1.54) is 0 Å². The monoisotopic (exact) mass is 230 g/mol. The fourth-order valence-corrected chi connectivity index (χ4v) is 2.35. The molecule has 0 aliphatic carbocycles. The van der Waals surface area contributed by atoms with Gasteiger partial charge in [0.2, 0.25) is 0 Å². The number of hydrogen-bond acceptors (Lipinski definition) is 3. The summed E-state index contributed by atoms with van der Waals surface area (Å²) in [7, 11) is 0. The van der Waals surface area contributed by atoms with E-state index in [2.05, 4.69) is 17.9 Å². The molecule has 1 aliphatic heterocycles. The van der Waals surface area contributed by atoms with Crippen molar-refractivity contribution in [3.63, 3.8) is 0 Å². The number of nitriles is 1. The second kappa shape index (κ2) is 5.20. The largest absolute Gasteiger partial charge is 0.508 e. The van der Waals surface area contributed by atoms with Gasteiger partial charge in [0, 0.05) is 0 Å². The molecule has 2 rings (SSSR count). The fraction of sp³-hybridized carbons (Fsp3) is 0.500. The van der Waals surface area contributed by atoms with Crippen LogP contribution in [0.1, 0.15) is 31.4 Å². The quantitative estimate of drug-likeness (QED) is 0.849. The lowest BCUT2D eigenvalue weighted by Gasteiger charge is -2.33. The van der Waals surface area contributed by atoms with Crippen molar-refractivity contribution in [2.45, 2.75) is 25.8 Å². The van der Waals surface area contributed by atoms with Gasteiger partial charge >= 0.3 is 0 Å². The molecule has 0 saturated carbocycles. The average molecular weight is 230 g/mol. The van der Waals surface area contributed by atoms with Crippen molar-refractivity contribution in [1.82, 2.24) is 4.90 Å². The predicted molar refractivity (Wildman–Crippen MR) is 66.4 cm³/mol. The lowest BCUT2D eigenvalue weighted by atomic mass is 9.96. The molecule has 90 valence electrons. The van der Waals surface area contributed by atoms with Gasteiger partial charge in [0.25, 0.3) is 0 Å². The first kappa shape index (κ1) is 11.9. The minimum absolute atomic E-state index is 0.227. The van der Waals surface area contributed by atoms with E-state index < -0.39 is 0 Å². The molecule has 3 nitrogen and oxygen atoms in total. The summed E-state index contributed by atoms with van der Waals surface area (Å²) >= 11 is 0. The number of aromatic hydroxyl groups is 1. The van der Waals surface area contributed by atoms with Crippen LogP contribution in [-0.2, 0) is 0 Å². The number of benzene rings is 1. The molecule has 1 saturated heterocycles. The summed E-state index contributed by atoms with van der Waals surface area (Å²) in [6.45, 7) is 4.19. The van der Waals surface area contributed by atoms with Crippen LogP contribution in [0.25, 0.3) is 0 Å². The van der Waals surface area contributed by atoms with Crippen molar-refractivity contribution >= 4 is 0 Å².